The van der Waals surface area contributed by atoms with Gasteiger partial charge in [0.15, 0.2) is 0 Å². The summed E-state index contributed by atoms with van der Waals surface area (Å²) in [6, 6.07) is 1.21. The number of aromatic nitrogens is 2. The van der Waals surface area contributed by atoms with Crippen molar-refractivity contribution in [1.82, 2.24) is 9.55 Å². The Balaban J connectivity index is 3.07. The Morgan fingerprint density at radius 2 is 2.23 bits per heavy atom. The molecule has 0 aliphatic rings. The van der Waals surface area contributed by atoms with Gasteiger partial charge in [-0.25, -0.2) is 4.79 Å². The van der Waals surface area contributed by atoms with Crippen LogP contribution >= 0.6 is 11.6 Å². The Labute approximate surface area is 80.2 Å². The van der Waals surface area contributed by atoms with Crippen LogP contribution in [0.5, 0.6) is 0 Å². The van der Waals surface area contributed by atoms with Crippen LogP contribution in [0.3, 0.4) is 0 Å². The summed E-state index contributed by atoms with van der Waals surface area (Å²) in [4.78, 5) is 24.1. The number of hydrogen-bond acceptors (Lipinski definition) is 2. The highest BCUT2D eigenvalue weighted by atomic mass is 35.5. The molecule has 0 unspecified atom stereocenters. The molecule has 0 saturated carbocycles. The normalized spacial score (nSPS) is 10.3. The van der Waals surface area contributed by atoms with Gasteiger partial charge in [-0.2, -0.15) is 0 Å². The summed E-state index contributed by atoms with van der Waals surface area (Å²) in [5.41, 5.74) is -0.895. The highest BCUT2D eigenvalue weighted by Gasteiger charge is 2.01. The van der Waals surface area contributed by atoms with Crippen molar-refractivity contribution in [2.75, 3.05) is 0 Å². The Kier molecular flexibility index (Phi) is 3.31. The number of unbranched alkanes of at least 4 members (excludes halogenated alkanes) is 1. The quantitative estimate of drug-likeness (QED) is 0.744. The highest BCUT2D eigenvalue weighted by Crippen LogP contribution is 2.02. The predicted octanol–water partition coefficient (Wildman–Crippen LogP) is 0.990. The van der Waals surface area contributed by atoms with Crippen LogP contribution in [0.2, 0.25) is 5.15 Å². The molecule has 1 N–H and O–H groups in total. The zero-order chi connectivity index (χ0) is 9.84. The molecule has 4 nitrogen and oxygen atoms in total. The van der Waals surface area contributed by atoms with Crippen LogP contribution < -0.4 is 11.2 Å². The molecular weight excluding hydrogens is 192 g/mol. The molecule has 0 fully saturated rings. The van der Waals surface area contributed by atoms with Crippen molar-refractivity contribution in [3.63, 3.8) is 0 Å². The van der Waals surface area contributed by atoms with E-state index in [0.717, 1.165) is 12.8 Å². The first-order valence-electron chi connectivity index (χ1n) is 4.15. The van der Waals surface area contributed by atoms with E-state index in [1.54, 1.807) is 0 Å². The molecular formula is C8H11ClN2O2. The van der Waals surface area contributed by atoms with Crippen molar-refractivity contribution in [3.8, 4) is 0 Å². The molecule has 0 amide bonds. The lowest BCUT2D eigenvalue weighted by molar-refractivity contribution is 0.597. The van der Waals surface area contributed by atoms with Gasteiger partial charge in [-0.3, -0.25) is 14.3 Å². The monoisotopic (exact) mass is 202 g/mol. The molecule has 0 aliphatic carbocycles. The first-order chi connectivity index (χ1) is 6.15. The number of H-pyrrole nitrogens is 1. The van der Waals surface area contributed by atoms with Gasteiger partial charge in [-0.05, 0) is 6.42 Å². The summed E-state index contributed by atoms with van der Waals surface area (Å²) >= 11 is 5.71. The van der Waals surface area contributed by atoms with E-state index in [-0.39, 0.29) is 5.15 Å². The van der Waals surface area contributed by atoms with Gasteiger partial charge in [0, 0.05) is 12.6 Å². The van der Waals surface area contributed by atoms with Gasteiger partial charge < -0.3 is 0 Å². The van der Waals surface area contributed by atoms with Gasteiger partial charge in [-0.15, -0.1) is 0 Å². The third-order valence-electron chi connectivity index (χ3n) is 1.72. The minimum atomic E-state index is -0.456. The lowest BCUT2D eigenvalue weighted by Gasteiger charge is -2.04. The number of nitrogens with one attached hydrogen (secondary N) is 1. The van der Waals surface area contributed by atoms with Crippen LogP contribution in [-0.2, 0) is 6.54 Å². The number of halogens is 1. The van der Waals surface area contributed by atoms with E-state index in [4.69, 9.17) is 11.6 Å². The minimum Gasteiger partial charge on any atom is -0.284 e. The summed E-state index contributed by atoms with van der Waals surface area (Å²) in [5.74, 6) is 0. The molecule has 0 atom stereocenters. The smallest absolute Gasteiger partial charge is 0.284 e. The maximum absolute atomic E-state index is 11.2. The Bertz CT molecular complexity index is 394. The van der Waals surface area contributed by atoms with Crippen molar-refractivity contribution in [2.45, 2.75) is 26.3 Å². The Morgan fingerprint density at radius 1 is 1.54 bits per heavy atom. The molecule has 0 spiro atoms. The van der Waals surface area contributed by atoms with Crippen molar-refractivity contribution in [2.24, 2.45) is 0 Å². The number of rotatable bonds is 3. The molecule has 0 bridgehead atoms. The van der Waals surface area contributed by atoms with E-state index in [1.165, 1.54) is 10.6 Å². The second-order valence-corrected chi connectivity index (χ2v) is 3.15. The van der Waals surface area contributed by atoms with E-state index in [2.05, 4.69) is 4.98 Å². The van der Waals surface area contributed by atoms with Crippen molar-refractivity contribution < 1.29 is 0 Å². The number of aromatic amines is 1. The molecule has 0 saturated heterocycles. The lowest BCUT2D eigenvalue weighted by Crippen LogP contribution is -2.29. The largest absolute Gasteiger partial charge is 0.329 e. The van der Waals surface area contributed by atoms with Crippen LogP contribution in [-0.4, -0.2) is 9.55 Å². The summed E-state index contributed by atoms with van der Waals surface area (Å²) < 4.78 is 1.35. The third kappa shape index (κ3) is 2.45. The summed E-state index contributed by atoms with van der Waals surface area (Å²) in [5, 5.41) is 0.196. The van der Waals surface area contributed by atoms with Crippen molar-refractivity contribution >= 4 is 11.6 Å². The number of hydrogen-bond donors (Lipinski definition) is 1. The van der Waals surface area contributed by atoms with Crippen LogP contribution in [0.1, 0.15) is 19.8 Å². The predicted molar refractivity (Wildman–Crippen MR) is 51.2 cm³/mol. The van der Waals surface area contributed by atoms with E-state index in [0.29, 0.717) is 6.54 Å². The van der Waals surface area contributed by atoms with Gasteiger partial charge in [0.25, 0.3) is 5.56 Å². The van der Waals surface area contributed by atoms with Gasteiger partial charge in [-0.1, -0.05) is 24.9 Å². The molecule has 13 heavy (non-hydrogen) atoms. The molecule has 1 heterocycles. The van der Waals surface area contributed by atoms with Crippen LogP contribution in [0.4, 0.5) is 0 Å². The van der Waals surface area contributed by atoms with E-state index >= 15 is 0 Å². The number of nitrogens with zero attached hydrogens (tertiary/aromatic N) is 1. The average molecular weight is 203 g/mol. The molecule has 0 radical (unpaired) electrons. The molecule has 0 aromatic carbocycles. The van der Waals surface area contributed by atoms with Crippen LogP contribution in [0, 0.1) is 0 Å². The SMILES string of the molecule is CCCCn1c(Cl)cc(=O)[nH]c1=O. The molecule has 72 valence electrons. The van der Waals surface area contributed by atoms with E-state index < -0.39 is 11.2 Å². The van der Waals surface area contributed by atoms with Crippen molar-refractivity contribution in [3.05, 3.63) is 32.1 Å². The highest BCUT2D eigenvalue weighted by molar-refractivity contribution is 6.29. The Morgan fingerprint density at radius 3 is 2.77 bits per heavy atom. The topological polar surface area (TPSA) is 54.9 Å². The second-order valence-electron chi connectivity index (χ2n) is 2.77. The van der Waals surface area contributed by atoms with Gasteiger partial charge >= 0.3 is 5.69 Å². The average Bonchev–Trinajstić information content (AvgIpc) is 2.02. The molecule has 5 heteroatoms. The molecule has 1 aromatic heterocycles. The van der Waals surface area contributed by atoms with E-state index in [1.807, 2.05) is 6.92 Å². The van der Waals surface area contributed by atoms with Gasteiger partial charge in [0.05, 0.1) is 0 Å². The lowest BCUT2D eigenvalue weighted by atomic mass is 10.3. The zero-order valence-electron chi connectivity index (χ0n) is 7.34. The molecule has 0 aliphatic heterocycles. The summed E-state index contributed by atoms with van der Waals surface area (Å²) in [6.07, 6.45) is 1.84. The fraction of sp³-hybridized carbons (Fsp3) is 0.500. The van der Waals surface area contributed by atoms with Gasteiger partial charge in [0.1, 0.15) is 5.15 Å². The maximum atomic E-state index is 11.2. The summed E-state index contributed by atoms with van der Waals surface area (Å²) in [7, 11) is 0. The zero-order valence-corrected chi connectivity index (χ0v) is 8.10. The summed E-state index contributed by atoms with van der Waals surface area (Å²) in [6.45, 7) is 2.57. The van der Waals surface area contributed by atoms with Crippen molar-refractivity contribution in [1.29, 1.82) is 0 Å². The second kappa shape index (κ2) is 4.28. The fourth-order valence-corrected chi connectivity index (χ4v) is 1.28. The molecule has 1 aromatic rings. The first kappa shape index (κ1) is 10.1. The fourth-order valence-electron chi connectivity index (χ4n) is 1.02. The third-order valence-corrected chi connectivity index (χ3v) is 2.03. The Hall–Kier alpha value is -1.03. The van der Waals surface area contributed by atoms with E-state index in [9.17, 15) is 9.59 Å². The van der Waals surface area contributed by atoms with Crippen LogP contribution in [0.25, 0.3) is 0 Å². The maximum Gasteiger partial charge on any atom is 0.329 e. The standard InChI is InChI=1S/C8H11ClN2O2/c1-2-3-4-11-6(9)5-7(12)10-8(11)13/h5H,2-4H2,1H3,(H,10,12,13). The molecule has 1 rings (SSSR count). The van der Waals surface area contributed by atoms with Crippen LogP contribution in [0.15, 0.2) is 15.7 Å². The van der Waals surface area contributed by atoms with Gasteiger partial charge in [0.2, 0.25) is 0 Å². The minimum absolute atomic E-state index is 0.196. The first-order valence-corrected chi connectivity index (χ1v) is 4.52.